The highest BCUT2D eigenvalue weighted by atomic mass is 35.5. The van der Waals surface area contributed by atoms with Gasteiger partial charge in [-0.2, -0.15) is 0 Å². The molecule has 21 heavy (non-hydrogen) atoms. The maximum Gasteiger partial charge on any atom is 0.160 e. The van der Waals surface area contributed by atoms with E-state index in [1.807, 2.05) is 0 Å². The molecule has 0 aliphatic carbocycles. The van der Waals surface area contributed by atoms with Gasteiger partial charge in [-0.15, -0.1) is 0 Å². The number of fused-ring (bicyclic) bond motifs is 1. The van der Waals surface area contributed by atoms with Crippen molar-refractivity contribution in [2.75, 3.05) is 0 Å². The fourth-order valence-corrected chi connectivity index (χ4v) is 2.39. The molecular formula is C14H10ClFN4S. The third kappa shape index (κ3) is 2.72. The van der Waals surface area contributed by atoms with E-state index < -0.39 is 0 Å². The predicted molar refractivity (Wildman–Crippen MR) is 84.7 cm³/mol. The Balaban J connectivity index is 2.24. The molecule has 0 aliphatic heterocycles. The summed E-state index contributed by atoms with van der Waals surface area (Å²) < 4.78 is 14.9. The van der Waals surface area contributed by atoms with Gasteiger partial charge in [-0.1, -0.05) is 23.8 Å². The summed E-state index contributed by atoms with van der Waals surface area (Å²) in [5.41, 5.74) is 7.66. The normalized spacial score (nSPS) is 11.0. The standard InChI is InChI=1S/C14H10ClFN4S/c15-9-5-11-14(18-6-9)20(7-12(17)21)13(19-11)8-1-3-10(16)4-2-8/h1-6H,7H2,(H2,17,21). The fourth-order valence-electron chi connectivity index (χ4n) is 2.11. The van der Waals surface area contributed by atoms with Crippen LogP contribution in [0, 0.1) is 5.82 Å². The number of halogens is 2. The Morgan fingerprint density at radius 3 is 2.71 bits per heavy atom. The number of pyridine rings is 1. The second kappa shape index (κ2) is 5.38. The average Bonchev–Trinajstić information content (AvgIpc) is 2.77. The molecule has 0 bridgehead atoms. The van der Waals surface area contributed by atoms with Crippen molar-refractivity contribution < 1.29 is 4.39 Å². The number of benzene rings is 1. The molecule has 0 spiro atoms. The van der Waals surface area contributed by atoms with Crippen LogP contribution in [-0.4, -0.2) is 19.5 Å². The molecule has 0 fully saturated rings. The van der Waals surface area contributed by atoms with Crippen LogP contribution < -0.4 is 5.73 Å². The third-order valence-electron chi connectivity index (χ3n) is 2.97. The molecule has 0 unspecified atom stereocenters. The Hall–Kier alpha value is -2.05. The van der Waals surface area contributed by atoms with Crippen LogP contribution in [0.5, 0.6) is 0 Å². The highest BCUT2D eigenvalue weighted by Gasteiger charge is 2.14. The minimum absolute atomic E-state index is 0.299. The third-order valence-corrected chi connectivity index (χ3v) is 3.30. The number of hydrogen-bond acceptors (Lipinski definition) is 3. The Kier molecular flexibility index (Phi) is 3.57. The van der Waals surface area contributed by atoms with Crippen molar-refractivity contribution in [3.63, 3.8) is 0 Å². The van der Waals surface area contributed by atoms with Crippen molar-refractivity contribution in [1.82, 2.24) is 14.5 Å². The number of nitrogens with two attached hydrogens (primary N) is 1. The van der Waals surface area contributed by atoms with E-state index in [0.717, 1.165) is 5.56 Å². The number of nitrogens with zero attached hydrogens (tertiary/aromatic N) is 3. The van der Waals surface area contributed by atoms with Gasteiger partial charge in [0.25, 0.3) is 0 Å². The first-order valence-electron chi connectivity index (χ1n) is 6.10. The van der Waals surface area contributed by atoms with E-state index >= 15 is 0 Å². The Morgan fingerprint density at radius 1 is 1.33 bits per heavy atom. The fraction of sp³-hybridized carbons (Fsp3) is 0.0714. The van der Waals surface area contributed by atoms with Crippen molar-refractivity contribution in [3.8, 4) is 11.4 Å². The molecule has 3 aromatic rings. The SMILES string of the molecule is NC(=S)Cn1c(-c2ccc(F)cc2)nc2cc(Cl)cnc21. The molecule has 106 valence electrons. The lowest BCUT2D eigenvalue weighted by Crippen LogP contribution is -2.17. The predicted octanol–water partition coefficient (Wildman–Crippen LogP) is 3.18. The van der Waals surface area contributed by atoms with Gasteiger partial charge in [0.2, 0.25) is 0 Å². The first kappa shape index (κ1) is 13.9. The van der Waals surface area contributed by atoms with E-state index in [1.165, 1.54) is 18.3 Å². The molecule has 1 aromatic carbocycles. The Bertz CT molecular complexity index is 829. The molecule has 0 amide bonds. The Labute approximate surface area is 130 Å². The molecule has 2 heterocycles. The number of aromatic nitrogens is 3. The maximum atomic E-state index is 13.1. The van der Waals surface area contributed by atoms with Gasteiger partial charge in [0.15, 0.2) is 5.65 Å². The van der Waals surface area contributed by atoms with Crippen molar-refractivity contribution in [2.24, 2.45) is 5.73 Å². The zero-order chi connectivity index (χ0) is 15.0. The largest absolute Gasteiger partial charge is 0.392 e. The summed E-state index contributed by atoms with van der Waals surface area (Å²) in [5, 5.41) is 0.494. The second-order valence-electron chi connectivity index (χ2n) is 4.49. The zero-order valence-corrected chi connectivity index (χ0v) is 12.3. The van der Waals surface area contributed by atoms with Gasteiger partial charge < -0.3 is 10.3 Å². The lowest BCUT2D eigenvalue weighted by molar-refractivity contribution is 0.628. The lowest BCUT2D eigenvalue weighted by atomic mass is 10.2. The van der Waals surface area contributed by atoms with Crippen molar-refractivity contribution >= 4 is 40.0 Å². The summed E-state index contributed by atoms with van der Waals surface area (Å²) in [6, 6.07) is 7.76. The first-order chi connectivity index (χ1) is 10.0. The van der Waals surface area contributed by atoms with Crippen LogP contribution in [0.15, 0.2) is 36.5 Å². The van der Waals surface area contributed by atoms with Crippen LogP contribution in [0.3, 0.4) is 0 Å². The van der Waals surface area contributed by atoms with E-state index in [-0.39, 0.29) is 5.82 Å². The summed E-state index contributed by atoms with van der Waals surface area (Å²) in [6.07, 6.45) is 1.54. The second-order valence-corrected chi connectivity index (χ2v) is 5.45. The molecule has 0 aliphatic rings. The Morgan fingerprint density at radius 2 is 2.05 bits per heavy atom. The smallest absolute Gasteiger partial charge is 0.160 e. The topological polar surface area (TPSA) is 56.7 Å². The van der Waals surface area contributed by atoms with E-state index in [4.69, 9.17) is 29.6 Å². The van der Waals surface area contributed by atoms with Gasteiger partial charge in [0.05, 0.1) is 16.6 Å². The van der Waals surface area contributed by atoms with Crippen LogP contribution in [-0.2, 0) is 6.54 Å². The van der Waals surface area contributed by atoms with Gasteiger partial charge in [-0.05, 0) is 30.3 Å². The molecule has 0 saturated heterocycles. The minimum Gasteiger partial charge on any atom is -0.392 e. The van der Waals surface area contributed by atoms with Gasteiger partial charge in [-0.3, -0.25) is 0 Å². The molecule has 2 aromatic heterocycles. The summed E-state index contributed by atoms with van der Waals surface area (Å²) >= 11 is 10.9. The van der Waals surface area contributed by atoms with E-state index in [9.17, 15) is 4.39 Å². The maximum absolute atomic E-state index is 13.1. The first-order valence-corrected chi connectivity index (χ1v) is 6.89. The molecule has 0 saturated carbocycles. The van der Waals surface area contributed by atoms with Crippen LogP contribution in [0.25, 0.3) is 22.6 Å². The van der Waals surface area contributed by atoms with Gasteiger partial charge in [0, 0.05) is 11.8 Å². The minimum atomic E-state index is -0.308. The van der Waals surface area contributed by atoms with E-state index in [2.05, 4.69) is 9.97 Å². The van der Waals surface area contributed by atoms with Crippen LogP contribution >= 0.6 is 23.8 Å². The summed E-state index contributed by atoms with van der Waals surface area (Å²) in [4.78, 5) is 9.10. The van der Waals surface area contributed by atoms with E-state index in [1.54, 1.807) is 22.8 Å². The summed E-state index contributed by atoms with van der Waals surface area (Å²) in [6.45, 7) is 0.299. The number of imidazole rings is 1. The van der Waals surface area contributed by atoms with Crippen LogP contribution in [0.4, 0.5) is 4.39 Å². The highest BCUT2D eigenvalue weighted by molar-refractivity contribution is 7.80. The number of hydrogen-bond donors (Lipinski definition) is 1. The number of rotatable bonds is 3. The lowest BCUT2D eigenvalue weighted by Gasteiger charge is -2.07. The van der Waals surface area contributed by atoms with Gasteiger partial charge in [-0.25, -0.2) is 14.4 Å². The van der Waals surface area contributed by atoms with Crippen molar-refractivity contribution in [3.05, 3.63) is 47.4 Å². The quantitative estimate of drug-likeness (QED) is 0.753. The number of thiocarbonyl (C=S) groups is 1. The monoisotopic (exact) mass is 320 g/mol. The van der Waals surface area contributed by atoms with E-state index in [0.29, 0.717) is 33.5 Å². The van der Waals surface area contributed by atoms with Crippen LogP contribution in [0.1, 0.15) is 0 Å². The highest BCUT2D eigenvalue weighted by Crippen LogP contribution is 2.25. The van der Waals surface area contributed by atoms with Crippen LogP contribution in [0.2, 0.25) is 5.02 Å². The molecule has 2 N–H and O–H groups in total. The van der Waals surface area contributed by atoms with Crippen molar-refractivity contribution in [2.45, 2.75) is 6.54 Å². The molecule has 0 radical (unpaired) electrons. The molecule has 3 rings (SSSR count). The molecule has 0 atom stereocenters. The average molecular weight is 321 g/mol. The molecule has 4 nitrogen and oxygen atoms in total. The summed E-state index contributed by atoms with van der Waals surface area (Å²) in [5.74, 6) is 0.310. The van der Waals surface area contributed by atoms with Gasteiger partial charge in [0.1, 0.15) is 17.2 Å². The molecule has 7 heteroatoms. The van der Waals surface area contributed by atoms with Gasteiger partial charge >= 0.3 is 0 Å². The summed E-state index contributed by atoms with van der Waals surface area (Å²) in [7, 11) is 0. The van der Waals surface area contributed by atoms with Crippen molar-refractivity contribution in [1.29, 1.82) is 0 Å². The molecular weight excluding hydrogens is 311 g/mol. The zero-order valence-electron chi connectivity index (χ0n) is 10.8.